The molecule has 0 saturated heterocycles. The average Bonchev–Trinajstić information content (AvgIpc) is 3.38. The molecule has 0 bridgehead atoms. The van der Waals surface area contributed by atoms with Gasteiger partial charge in [-0.25, -0.2) is 9.78 Å². The second-order valence-corrected chi connectivity index (χ2v) is 7.29. The molecular weight excluding hydrogens is 306 g/mol. The van der Waals surface area contributed by atoms with Crippen molar-refractivity contribution in [2.75, 3.05) is 6.61 Å². The van der Waals surface area contributed by atoms with Crippen LogP contribution >= 0.6 is 0 Å². The van der Waals surface area contributed by atoms with E-state index in [1.54, 1.807) is 6.20 Å². The van der Waals surface area contributed by atoms with Gasteiger partial charge >= 0.3 is 5.69 Å². The smallest absolute Gasteiger partial charge is 0.347 e. The van der Waals surface area contributed by atoms with E-state index in [9.17, 15) is 9.59 Å². The Morgan fingerprint density at radius 3 is 2.46 bits per heavy atom. The molecule has 0 radical (unpaired) electrons. The van der Waals surface area contributed by atoms with Gasteiger partial charge in [0, 0.05) is 31.1 Å². The van der Waals surface area contributed by atoms with Gasteiger partial charge in [0.2, 0.25) is 5.91 Å². The van der Waals surface area contributed by atoms with E-state index in [1.807, 2.05) is 0 Å². The minimum atomic E-state index is -0.405. The van der Waals surface area contributed by atoms with Gasteiger partial charge in [0.1, 0.15) is 6.54 Å². The van der Waals surface area contributed by atoms with Gasteiger partial charge < -0.3 is 10.0 Å². The van der Waals surface area contributed by atoms with Crippen LogP contribution in [-0.2, 0) is 17.8 Å². The van der Waals surface area contributed by atoms with Crippen LogP contribution in [0.25, 0.3) is 0 Å². The van der Waals surface area contributed by atoms with Crippen LogP contribution in [0.1, 0.15) is 51.0 Å². The zero-order valence-electron chi connectivity index (χ0n) is 14.4. The number of nitrogens with zero attached hydrogens (tertiary/aromatic N) is 3. The van der Waals surface area contributed by atoms with E-state index in [0.717, 1.165) is 37.2 Å². The zero-order valence-corrected chi connectivity index (χ0v) is 14.4. The normalized spacial score (nSPS) is 23.9. The molecule has 0 aromatic carbocycles. The minimum absolute atomic E-state index is 0.00227. The second kappa shape index (κ2) is 7.47. The van der Waals surface area contributed by atoms with Crippen molar-refractivity contribution in [1.82, 2.24) is 14.5 Å². The Labute approximate surface area is 142 Å². The lowest BCUT2D eigenvalue weighted by molar-refractivity contribution is -0.135. The summed E-state index contributed by atoms with van der Waals surface area (Å²) < 4.78 is 1.38. The van der Waals surface area contributed by atoms with E-state index in [1.165, 1.54) is 23.6 Å². The van der Waals surface area contributed by atoms with Crippen LogP contribution in [0.2, 0.25) is 0 Å². The standard InChI is InChI=1S/C18H27N3O3/c1-13-2-4-15(5-3-13)21(16-6-7-16)17(23)12-20-11-14(8-9-22)10-19-18(20)24/h10-11,13,15-16,22H,2-9,12H2,1H3. The quantitative estimate of drug-likeness (QED) is 0.852. The number of rotatable bonds is 6. The average molecular weight is 333 g/mol. The lowest BCUT2D eigenvalue weighted by Crippen LogP contribution is -2.46. The Bertz CT molecular complexity index is 631. The van der Waals surface area contributed by atoms with Crippen molar-refractivity contribution < 1.29 is 9.90 Å². The first-order chi connectivity index (χ1) is 11.6. The van der Waals surface area contributed by atoms with Gasteiger partial charge in [0.25, 0.3) is 0 Å². The fraction of sp³-hybridized carbons (Fsp3) is 0.722. The molecule has 24 heavy (non-hydrogen) atoms. The third-order valence-electron chi connectivity index (χ3n) is 5.22. The maximum Gasteiger partial charge on any atom is 0.347 e. The van der Waals surface area contributed by atoms with E-state index >= 15 is 0 Å². The summed E-state index contributed by atoms with van der Waals surface area (Å²) in [5.74, 6) is 0.779. The number of hydrogen-bond donors (Lipinski definition) is 1. The summed E-state index contributed by atoms with van der Waals surface area (Å²) in [6.45, 7) is 2.33. The molecule has 2 fully saturated rings. The predicted octanol–water partition coefficient (Wildman–Crippen LogP) is 1.35. The number of amides is 1. The summed E-state index contributed by atoms with van der Waals surface area (Å²) in [6, 6.07) is 0.686. The summed E-state index contributed by atoms with van der Waals surface area (Å²) >= 11 is 0. The number of carbonyl (C=O) groups is 1. The molecule has 6 heteroatoms. The van der Waals surface area contributed by atoms with Gasteiger partial charge in [0.15, 0.2) is 0 Å². The molecule has 2 saturated carbocycles. The lowest BCUT2D eigenvalue weighted by Gasteiger charge is -2.36. The summed E-state index contributed by atoms with van der Waals surface area (Å²) in [7, 11) is 0. The zero-order chi connectivity index (χ0) is 17.1. The Hall–Kier alpha value is -1.69. The third-order valence-corrected chi connectivity index (χ3v) is 5.22. The molecule has 1 heterocycles. The molecule has 0 atom stereocenters. The highest BCUT2D eigenvalue weighted by molar-refractivity contribution is 5.77. The molecule has 1 aromatic rings. The van der Waals surface area contributed by atoms with Crippen molar-refractivity contribution in [3.05, 3.63) is 28.4 Å². The topological polar surface area (TPSA) is 75.4 Å². The van der Waals surface area contributed by atoms with Crippen molar-refractivity contribution in [3.63, 3.8) is 0 Å². The van der Waals surface area contributed by atoms with Gasteiger partial charge in [-0.2, -0.15) is 0 Å². The molecule has 3 rings (SSSR count). The van der Waals surface area contributed by atoms with E-state index in [2.05, 4.69) is 16.8 Å². The van der Waals surface area contributed by atoms with Crippen LogP contribution < -0.4 is 5.69 Å². The van der Waals surface area contributed by atoms with Gasteiger partial charge in [-0.1, -0.05) is 6.92 Å². The summed E-state index contributed by atoms with van der Waals surface area (Å²) in [5, 5.41) is 9.03. The van der Waals surface area contributed by atoms with E-state index < -0.39 is 5.69 Å². The van der Waals surface area contributed by atoms with Gasteiger partial charge in [0.05, 0.1) is 0 Å². The number of hydrogen-bond acceptors (Lipinski definition) is 4. The Balaban J connectivity index is 1.72. The van der Waals surface area contributed by atoms with Crippen LogP contribution in [-0.4, -0.2) is 44.2 Å². The molecule has 0 unspecified atom stereocenters. The van der Waals surface area contributed by atoms with E-state index in [-0.39, 0.29) is 19.1 Å². The summed E-state index contributed by atoms with van der Waals surface area (Å²) in [4.78, 5) is 30.7. The number of aromatic nitrogens is 2. The predicted molar refractivity (Wildman–Crippen MR) is 90.6 cm³/mol. The highest BCUT2D eigenvalue weighted by atomic mass is 16.3. The Kier molecular flexibility index (Phi) is 5.33. The van der Waals surface area contributed by atoms with Crippen LogP contribution in [0.15, 0.2) is 17.2 Å². The molecule has 1 amide bonds. The molecule has 132 valence electrons. The number of aliphatic hydroxyl groups excluding tert-OH is 1. The first-order valence-electron chi connectivity index (χ1n) is 9.06. The van der Waals surface area contributed by atoms with Gasteiger partial charge in [-0.05, 0) is 56.4 Å². The fourth-order valence-corrected chi connectivity index (χ4v) is 3.68. The lowest BCUT2D eigenvalue weighted by atomic mass is 9.86. The number of aliphatic hydroxyl groups is 1. The van der Waals surface area contributed by atoms with Crippen LogP contribution in [0.4, 0.5) is 0 Å². The molecule has 1 N–H and O–H groups in total. The van der Waals surface area contributed by atoms with Crippen LogP contribution in [0.3, 0.4) is 0 Å². The van der Waals surface area contributed by atoms with Crippen molar-refractivity contribution >= 4 is 5.91 Å². The molecule has 2 aliphatic rings. The first-order valence-corrected chi connectivity index (χ1v) is 9.06. The molecular formula is C18H27N3O3. The molecule has 1 aromatic heterocycles. The first kappa shape index (κ1) is 17.1. The van der Waals surface area contributed by atoms with Crippen molar-refractivity contribution in [2.45, 2.75) is 70.5 Å². The maximum absolute atomic E-state index is 12.9. The largest absolute Gasteiger partial charge is 0.396 e. The van der Waals surface area contributed by atoms with Crippen LogP contribution in [0.5, 0.6) is 0 Å². The van der Waals surface area contributed by atoms with Crippen molar-refractivity contribution in [2.24, 2.45) is 5.92 Å². The van der Waals surface area contributed by atoms with Crippen LogP contribution in [0, 0.1) is 5.92 Å². The molecule has 6 nitrogen and oxygen atoms in total. The monoisotopic (exact) mass is 333 g/mol. The van der Waals surface area contributed by atoms with Gasteiger partial charge in [-0.15, -0.1) is 0 Å². The Morgan fingerprint density at radius 2 is 1.88 bits per heavy atom. The maximum atomic E-state index is 12.9. The van der Waals surface area contributed by atoms with Gasteiger partial charge in [-0.3, -0.25) is 9.36 Å². The van der Waals surface area contributed by atoms with E-state index in [4.69, 9.17) is 5.11 Å². The van der Waals surface area contributed by atoms with Crippen molar-refractivity contribution in [3.8, 4) is 0 Å². The molecule has 0 aliphatic heterocycles. The molecule has 0 spiro atoms. The van der Waals surface area contributed by atoms with E-state index in [0.29, 0.717) is 18.5 Å². The summed E-state index contributed by atoms with van der Waals surface area (Å²) in [5.41, 5.74) is 0.368. The SMILES string of the molecule is CC1CCC(N(C(=O)Cn2cc(CCO)cnc2=O)C2CC2)CC1. The van der Waals surface area contributed by atoms with Crippen molar-refractivity contribution in [1.29, 1.82) is 0 Å². The highest BCUT2D eigenvalue weighted by Gasteiger charge is 2.38. The Morgan fingerprint density at radius 1 is 1.25 bits per heavy atom. The highest BCUT2D eigenvalue weighted by Crippen LogP contribution is 2.35. The summed E-state index contributed by atoms with van der Waals surface area (Å²) in [6.07, 6.45) is 10.2. The minimum Gasteiger partial charge on any atom is -0.396 e. The third kappa shape index (κ3) is 4.04. The number of carbonyl (C=O) groups excluding carboxylic acids is 1. The fourth-order valence-electron chi connectivity index (χ4n) is 3.68. The second-order valence-electron chi connectivity index (χ2n) is 7.29. The molecule has 2 aliphatic carbocycles.